The molecule has 0 aliphatic carbocycles. The van der Waals surface area contributed by atoms with Crippen molar-refractivity contribution >= 4 is 11.7 Å². The fraction of sp³-hybridized carbons (Fsp3) is 0.727. The number of piperidine rings is 1. The van der Waals surface area contributed by atoms with Crippen LogP contribution in [0.15, 0.2) is 4.52 Å². The van der Waals surface area contributed by atoms with Crippen molar-refractivity contribution < 1.29 is 9.32 Å². The third-order valence-corrected chi connectivity index (χ3v) is 3.05. The summed E-state index contributed by atoms with van der Waals surface area (Å²) in [7, 11) is 0. The lowest BCUT2D eigenvalue weighted by atomic mass is 10.1. The summed E-state index contributed by atoms with van der Waals surface area (Å²) in [6.07, 6.45) is 3.61. The van der Waals surface area contributed by atoms with E-state index in [1.807, 2.05) is 0 Å². The van der Waals surface area contributed by atoms with Crippen LogP contribution in [-0.2, 0) is 4.79 Å². The Morgan fingerprint density at radius 1 is 1.38 bits per heavy atom. The van der Waals surface area contributed by atoms with Crippen molar-refractivity contribution in [3.05, 3.63) is 5.89 Å². The van der Waals surface area contributed by atoms with Crippen LogP contribution in [0.1, 0.15) is 44.9 Å². The first kappa shape index (κ1) is 11.1. The minimum Gasteiger partial charge on any atom is -0.338 e. The molecule has 1 aromatic rings. The summed E-state index contributed by atoms with van der Waals surface area (Å²) in [5, 5.41) is 3.93. The van der Waals surface area contributed by atoms with E-state index in [9.17, 15) is 4.79 Å². The molecule has 5 nitrogen and oxygen atoms in total. The molecular weight excluding hydrogens is 206 g/mol. The number of ketones is 1. The van der Waals surface area contributed by atoms with Gasteiger partial charge in [-0.1, -0.05) is 0 Å². The Balaban J connectivity index is 2.09. The van der Waals surface area contributed by atoms with Gasteiger partial charge in [0.25, 0.3) is 5.95 Å². The van der Waals surface area contributed by atoms with E-state index in [1.165, 1.54) is 26.2 Å². The molecule has 2 rings (SSSR count). The maximum atomic E-state index is 11.2. The fourth-order valence-corrected chi connectivity index (χ4v) is 1.80. The van der Waals surface area contributed by atoms with Crippen LogP contribution in [0.25, 0.3) is 0 Å². The molecular formula is C11H17N3O2. The molecule has 1 atom stereocenters. The molecule has 0 spiro atoms. The Labute approximate surface area is 94.8 Å². The number of hydrogen-bond acceptors (Lipinski definition) is 5. The average molecular weight is 223 g/mol. The van der Waals surface area contributed by atoms with Gasteiger partial charge < -0.3 is 9.42 Å². The molecule has 16 heavy (non-hydrogen) atoms. The molecule has 0 saturated carbocycles. The third-order valence-electron chi connectivity index (χ3n) is 3.05. The van der Waals surface area contributed by atoms with E-state index in [0.29, 0.717) is 11.8 Å². The van der Waals surface area contributed by atoms with Gasteiger partial charge in [0.15, 0.2) is 0 Å². The Morgan fingerprint density at radius 2 is 2.06 bits per heavy atom. The van der Waals surface area contributed by atoms with Crippen LogP contribution in [0.5, 0.6) is 0 Å². The Morgan fingerprint density at radius 3 is 2.69 bits per heavy atom. The van der Waals surface area contributed by atoms with Gasteiger partial charge in [-0.05, 0) is 38.3 Å². The van der Waals surface area contributed by atoms with Crippen LogP contribution < -0.4 is 4.90 Å². The maximum Gasteiger partial charge on any atom is 0.266 e. The molecule has 0 aromatic carbocycles. The van der Waals surface area contributed by atoms with Crippen molar-refractivity contribution in [1.82, 2.24) is 10.1 Å². The quantitative estimate of drug-likeness (QED) is 0.781. The number of anilines is 1. The Hall–Kier alpha value is -1.39. The van der Waals surface area contributed by atoms with Crippen LogP contribution in [0, 0.1) is 0 Å². The number of Topliss-reactive ketones (excluding diaryl/α,β-unsaturated/α-hetero) is 1. The van der Waals surface area contributed by atoms with Gasteiger partial charge in [-0.25, -0.2) is 0 Å². The molecule has 1 unspecified atom stereocenters. The summed E-state index contributed by atoms with van der Waals surface area (Å²) in [6.45, 7) is 5.28. The summed E-state index contributed by atoms with van der Waals surface area (Å²) in [5.74, 6) is 0.802. The zero-order chi connectivity index (χ0) is 11.5. The average Bonchev–Trinajstić information content (AvgIpc) is 2.78. The van der Waals surface area contributed by atoms with E-state index in [0.717, 1.165) is 13.1 Å². The minimum atomic E-state index is -0.300. The van der Waals surface area contributed by atoms with Gasteiger partial charge in [-0.3, -0.25) is 4.79 Å². The molecule has 1 aromatic heterocycles. The summed E-state index contributed by atoms with van der Waals surface area (Å²) < 4.78 is 5.12. The molecule has 1 saturated heterocycles. The van der Waals surface area contributed by atoms with E-state index in [4.69, 9.17) is 4.52 Å². The normalized spacial score (nSPS) is 18.5. The summed E-state index contributed by atoms with van der Waals surface area (Å²) in [4.78, 5) is 17.6. The standard InChI is InChI=1S/C11H17N3O2/c1-8(9(2)15)10-12-11(13-16-10)14-6-4-3-5-7-14/h8H,3-7H2,1-2H3. The Kier molecular flexibility index (Phi) is 3.22. The highest BCUT2D eigenvalue weighted by atomic mass is 16.5. The SMILES string of the molecule is CC(=O)C(C)c1nc(N2CCCCC2)no1. The highest BCUT2D eigenvalue weighted by Crippen LogP contribution is 2.20. The van der Waals surface area contributed by atoms with Gasteiger partial charge >= 0.3 is 0 Å². The lowest BCUT2D eigenvalue weighted by molar-refractivity contribution is -0.118. The number of nitrogens with zero attached hydrogens (tertiary/aromatic N) is 3. The second-order valence-corrected chi connectivity index (χ2v) is 4.31. The lowest BCUT2D eigenvalue weighted by Crippen LogP contribution is -2.30. The molecule has 1 fully saturated rings. The second-order valence-electron chi connectivity index (χ2n) is 4.31. The molecule has 0 bridgehead atoms. The van der Waals surface area contributed by atoms with Gasteiger partial charge in [-0.15, -0.1) is 0 Å². The van der Waals surface area contributed by atoms with Crippen LogP contribution in [0.2, 0.25) is 0 Å². The molecule has 1 aliphatic heterocycles. The molecule has 5 heteroatoms. The largest absolute Gasteiger partial charge is 0.338 e. The number of hydrogen-bond donors (Lipinski definition) is 0. The number of carbonyl (C=O) groups excluding carboxylic acids is 1. The number of carbonyl (C=O) groups is 1. The van der Waals surface area contributed by atoms with Crippen LogP contribution in [0.3, 0.4) is 0 Å². The molecule has 0 radical (unpaired) electrons. The van der Waals surface area contributed by atoms with E-state index < -0.39 is 0 Å². The van der Waals surface area contributed by atoms with Gasteiger partial charge in [0.1, 0.15) is 5.78 Å². The second kappa shape index (κ2) is 4.63. The summed E-state index contributed by atoms with van der Waals surface area (Å²) in [5.41, 5.74) is 0. The number of aromatic nitrogens is 2. The van der Waals surface area contributed by atoms with E-state index in [1.54, 1.807) is 6.92 Å². The van der Waals surface area contributed by atoms with Gasteiger partial charge in [0.2, 0.25) is 5.89 Å². The van der Waals surface area contributed by atoms with Gasteiger partial charge in [-0.2, -0.15) is 4.98 Å². The first-order valence-electron chi connectivity index (χ1n) is 5.77. The maximum absolute atomic E-state index is 11.2. The topological polar surface area (TPSA) is 59.2 Å². The minimum absolute atomic E-state index is 0.0499. The predicted octanol–water partition coefficient (Wildman–Crippen LogP) is 1.75. The van der Waals surface area contributed by atoms with E-state index >= 15 is 0 Å². The van der Waals surface area contributed by atoms with Crippen molar-refractivity contribution in [3.8, 4) is 0 Å². The Bertz CT molecular complexity index is 369. The zero-order valence-corrected chi connectivity index (χ0v) is 9.77. The summed E-state index contributed by atoms with van der Waals surface area (Å²) >= 11 is 0. The van der Waals surface area contributed by atoms with Crippen LogP contribution >= 0.6 is 0 Å². The predicted molar refractivity (Wildman–Crippen MR) is 59.5 cm³/mol. The molecule has 2 heterocycles. The third kappa shape index (κ3) is 2.23. The van der Waals surface area contributed by atoms with Crippen LogP contribution in [-0.4, -0.2) is 29.0 Å². The highest BCUT2D eigenvalue weighted by molar-refractivity contribution is 5.81. The molecule has 1 aliphatic rings. The smallest absolute Gasteiger partial charge is 0.266 e. The van der Waals surface area contributed by atoms with Gasteiger partial charge in [0, 0.05) is 13.1 Å². The molecule has 0 amide bonds. The highest BCUT2D eigenvalue weighted by Gasteiger charge is 2.21. The van der Waals surface area contributed by atoms with Crippen molar-refractivity contribution in [3.63, 3.8) is 0 Å². The van der Waals surface area contributed by atoms with Crippen molar-refractivity contribution in [2.24, 2.45) is 0 Å². The first-order chi connectivity index (χ1) is 7.68. The van der Waals surface area contributed by atoms with Crippen molar-refractivity contribution in [2.45, 2.75) is 39.0 Å². The fourth-order valence-electron chi connectivity index (χ4n) is 1.80. The van der Waals surface area contributed by atoms with E-state index in [2.05, 4.69) is 15.0 Å². The molecule has 88 valence electrons. The van der Waals surface area contributed by atoms with Crippen LogP contribution in [0.4, 0.5) is 5.95 Å². The summed E-state index contributed by atoms with van der Waals surface area (Å²) in [6, 6.07) is 0. The van der Waals surface area contributed by atoms with E-state index in [-0.39, 0.29) is 11.7 Å². The zero-order valence-electron chi connectivity index (χ0n) is 9.77. The molecule has 0 N–H and O–H groups in total. The van der Waals surface area contributed by atoms with Crippen molar-refractivity contribution in [1.29, 1.82) is 0 Å². The lowest BCUT2D eigenvalue weighted by Gasteiger charge is -2.24. The first-order valence-corrected chi connectivity index (χ1v) is 5.77. The monoisotopic (exact) mass is 223 g/mol. The number of rotatable bonds is 3. The van der Waals surface area contributed by atoms with Gasteiger partial charge in [0.05, 0.1) is 5.92 Å². The van der Waals surface area contributed by atoms with Crippen molar-refractivity contribution in [2.75, 3.05) is 18.0 Å².